The molecule has 0 saturated carbocycles. The number of halogens is 1. The van der Waals surface area contributed by atoms with Gasteiger partial charge >= 0.3 is 0 Å². The maximum Gasteiger partial charge on any atom is 0.185 e. The Balaban J connectivity index is 2.91. The first kappa shape index (κ1) is 6.97. The number of nitrogens with zero attached hydrogens (tertiary/aromatic N) is 2. The fraction of sp³-hybridized carbons (Fsp3) is 0. The van der Waals surface area contributed by atoms with Gasteiger partial charge in [0.15, 0.2) is 11.6 Å². The van der Waals surface area contributed by atoms with Crippen molar-refractivity contribution in [3.8, 4) is 5.75 Å². The lowest BCUT2D eigenvalue weighted by molar-refractivity contribution is 0.436. The van der Waals surface area contributed by atoms with Crippen LogP contribution in [0.25, 0.3) is 11.0 Å². The molecule has 2 rings (SSSR count). The maximum absolute atomic E-state index is 12.7. The number of hydrogen-bond acceptors (Lipinski definition) is 3. The summed E-state index contributed by atoms with van der Waals surface area (Å²) in [7, 11) is 0. The smallest absolute Gasteiger partial charge is 0.185 e. The molecule has 0 amide bonds. The highest BCUT2D eigenvalue weighted by Crippen LogP contribution is 2.22. The molecule has 2 aromatic rings. The van der Waals surface area contributed by atoms with E-state index in [0.29, 0.717) is 5.52 Å². The number of aromatic nitrogens is 2. The van der Waals surface area contributed by atoms with E-state index in [1.165, 1.54) is 6.20 Å². The SMILES string of the molecule is Oc1c(F)cnc2cccnc12. The maximum atomic E-state index is 12.7. The van der Waals surface area contributed by atoms with Crippen molar-refractivity contribution in [2.45, 2.75) is 0 Å². The lowest BCUT2D eigenvalue weighted by Crippen LogP contribution is -1.85. The zero-order valence-electron chi connectivity index (χ0n) is 6.03. The highest BCUT2D eigenvalue weighted by atomic mass is 19.1. The van der Waals surface area contributed by atoms with Crippen molar-refractivity contribution < 1.29 is 9.50 Å². The van der Waals surface area contributed by atoms with Crippen LogP contribution in [0.1, 0.15) is 0 Å². The molecule has 0 fully saturated rings. The fourth-order valence-corrected chi connectivity index (χ4v) is 0.984. The average molecular weight is 164 g/mol. The minimum atomic E-state index is -0.749. The second kappa shape index (κ2) is 2.41. The van der Waals surface area contributed by atoms with E-state index in [-0.39, 0.29) is 5.52 Å². The molecular formula is C8H5FN2O. The molecule has 2 heterocycles. The molecule has 0 unspecified atom stereocenters. The van der Waals surface area contributed by atoms with Crippen molar-refractivity contribution in [2.75, 3.05) is 0 Å². The van der Waals surface area contributed by atoms with Crippen LogP contribution in [-0.2, 0) is 0 Å². The molecule has 1 N–H and O–H groups in total. The summed E-state index contributed by atoms with van der Waals surface area (Å²) in [6, 6.07) is 3.33. The molecule has 0 atom stereocenters. The summed E-state index contributed by atoms with van der Waals surface area (Å²) in [6.45, 7) is 0. The molecular weight excluding hydrogens is 159 g/mol. The van der Waals surface area contributed by atoms with Gasteiger partial charge in [0.05, 0.1) is 11.7 Å². The minimum absolute atomic E-state index is 0.192. The van der Waals surface area contributed by atoms with Gasteiger partial charge in [-0.05, 0) is 12.1 Å². The van der Waals surface area contributed by atoms with Crippen LogP contribution in [0, 0.1) is 5.82 Å². The summed E-state index contributed by atoms with van der Waals surface area (Å²) in [6.07, 6.45) is 2.45. The number of aromatic hydroxyl groups is 1. The van der Waals surface area contributed by atoms with Gasteiger partial charge in [-0.2, -0.15) is 0 Å². The molecule has 2 aromatic heterocycles. The first-order chi connectivity index (χ1) is 5.79. The van der Waals surface area contributed by atoms with E-state index in [2.05, 4.69) is 9.97 Å². The fourth-order valence-electron chi connectivity index (χ4n) is 0.984. The zero-order chi connectivity index (χ0) is 8.55. The molecule has 3 nitrogen and oxygen atoms in total. The van der Waals surface area contributed by atoms with E-state index in [1.54, 1.807) is 12.1 Å². The van der Waals surface area contributed by atoms with Crippen LogP contribution in [-0.4, -0.2) is 15.1 Å². The normalized spacial score (nSPS) is 10.4. The summed E-state index contributed by atoms with van der Waals surface area (Å²) < 4.78 is 12.7. The first-order valence-electron chi connectivity index (χ1n) is 3.37. The average Bonchev–Trinajstić information content (AvgIpc) is 2.12. The molecule has 0 bridgehead atoms. The van der Waals surface area contributed by atoms with Crippen molar-refractivity contribution in [1.29, 1.82) is 0 Å². The lowest BCUT2D eigenvalue weighted by Gasteiger charge is -1.98. The predicted molar refractivity (Wildman–Crippen MR) is 41.2 cm³/mol. The van der Waals surface area contributed by atoms with Gasteiger partial charge in [0.1, 0.15) is 5.52 Å². The Morgan fingerprint density at radius 2 is 2.17 bits per heavy atom. The molecule has 0 saturated heterocycles. The quantitative estimate of drug-likeness (QED) is 0.641. The van der Waals surface area contributed by atoms with Gasteiger partial charge in [0.25, 0.3) is 0 Å². The molecule has 60 valence electrons. The van der Waals surface area contributed by atoms with Gasteiger partial charge < -0.3 is 5.11 Å². The Hall–Kier alpha value is -1.71. The van der Waals surface area contributed by atoms with Gasteiger partial charge in [-0.25, -0.2) is 4.39 Å². The van der Waals surface area contributed by atoms with Crippen LogP contribution in [0.3, 0.4) is 0 Å². The van der Waals surface area contributed by atoms with E-state index in [0.717, 1.165) is 6.20 Å². The Bertz CT molecular complexity index is 430. The van der Waals surface area contributed by atoms with E-state index >= 15 is 0 Å². The topological polar surface area (TPSA) is 46.0 Å². The molecule has 0 aliphatic heterocycles. The molecule has 0 aliphatic carbocycles. The Morgan fingerprint density at radius 3 is 3.00 bits per heavy atom. The minimum Gasteiger partial charge on any atom is -0.503 e. The van der Waals surface area contributed by atoms with Gasteiger partial charge in [-0.3, -0.25) is 9.97 Å². The molecule has 12 heavy (non-hydrogen) atoms. The van der Waals surface area contributed by atoms with Crippen molar-refractivity contribution in [2.24, 2.45) is 0 Å². The van der Waals surface area contributed by atoms with E-state index in [4.69, 9.17) is 0 Å². The second-order valence-electron chi connectivity index (χ2n) is 2.33. The third-order valence-electron chi connectivity index (χ3n) is 1.55. The van der Waals surface area contributed by atoms with Crippen molar-refractivity contribution in [3.05, 3.63) is 30.3 Å². The van der Waals surface area contributed by atoms with Gasteiger partial charge in [0, 0.05) is 6.20 Å². The summed E-state index contributed by atoms with van der Waals surface area (Å²) >= 11 is 0. The Labute approximate surface area is 67.5 Å². The summed E-state index contributed by atoms with van der Waals surface area (Å²) in [5, 5.41) is 9.18. The van der Waals surface area contributed by atoms with Crippen LogP contribution in [0.5, 0.6) is 5.75 Å². The summed E-state index contributed by atoms with van der Waals surface area (Å²) in [5.74, 6) is -1.19. The molecule has 0 spiro atoms. The van der Waals surface area contributed by atoms with E-state index < -0.39 is 11.6 Å². The van der Waals surface area contributed by atoms with E-state index in [9.17, 15) is 9.50 Å². The van der Waals surface area contributed by atoms with Crippen LogP contribution in [0.2, 0.25) is 0 Å². The highest BCUT2D eigenvalue weighted by molar-refractivity contribution is 5.79. The number of hydrogen-bond donors (Lipinski definition) is 1. The van der Waals surface area contributed by atoms with E-state index in [1.807, 2.05) is 0 Å². The van der Waals surface area contributed by atoms with Gasteiger partial charge in [-0.15, -0.1) is 0 Å². The second-order valence-corrected chi connectivity index (χ2v) is 2.33. The van der Waals surface area contributed by atoms with Crippen molar-refractivity contribution in [3.63, 3.8) is 0 Å². The van der Waals surface area contributed by atoms with Crippen LogP contribution in [0.4, 0.5) is 4.39 Å². The van der Waals surface area contributed by atoms with Crippen LogP contribution in [0.15, 0.2) is 24.5 Å². The number of rotatable bonds is 0. The van der Waals surface area contributed by atoms with Crippen molar-refractivity contribution in [1.82, 2.24) is 9.97 Å². The predicted octanol–water partition coefficient (Wildman–Crippen LogP) is 1.47. The monoisotopic (exact) mass is 164 g/mol. The Kier molecular flexibility index (Phi) is 1.40. The lowest BCUT2D eigenvalue weighted by atomic mass is 10.3. The largest absolute Gasteiger partial charge is 0.503 e. The zero-order valence-corrected chi connectivity index (χ0v) is 6.03. The highest BCUT2D eigenvalue weighted by Gasteiger charge is 2.06. The van der Waals surface area contributed by atoms with Gasteiger partial charge in [0.2, 0.25) is 0 Å². The Morgan fingerprint density at radius 1 is 1.33 bits per heavy atom. The molecule has 4 heteroatoms. The van der Waals surface area contributed by atoms with Gasteiger partial charge in [-0.1, -0.05) is 0 Å². The van der Waals surface area contributed by atoms with Crippen molar-refractivity contribution >= 4 is 11.0 Å². The number of fused-ring (bicyclic) bond motifs is 1. The molecule has 0 radical (unpaired) electrons. The number of pyridine rings is 2. The first-order valence-corrected chi connectivity index (χ1v) is 3.37. The van der Waals surface area contributed by atoms with Crippen LogP contribution < -0.4 is 0 Å². The van der Waals surface area contributed by atoms with Crippen LogP contribution >= 0.6 is 0 Å². The summed E-state index contributed by atoms with van der Waals surface area (Å²) in [5.41, 5.74) is 0.675. The third kappa shape index (κ3) is 0.887. The molecule has 0 aromatic carbocycles. The molecule has 0 aliphatic rings. The standard InChI is InChI=1S/C8H5FN2O/c9-5-4-11-6-2-1-3-10-7(6)8(5)12/h1-4H,(H,11,12). The third-order valence-corrected chi connectivity index (χ3v) is 1.55. The summed E-state index contributed by atoms with van der Waals surface area (Å²) in [4.78, 5) is 7.53.